The van der Waals surface area contributed by atoms with E-state index in [9.17, 15) is 5.11 Å². The molecule has 0 bridgehead atoms. The van der Waals surface area contributed by atoms with Gasteiger partial charge in [-0.05, 0) is 38.0 Å². The fraction of sp³-hybridized carbons (Fsp3) is 0.429. The Morgan fingerprint density at radius 3 is 2.55 bits per heavy atom. The lowest BCUT2D eigenvalue weighted by Crippen LogP contribution is -2.19. The standard InChI is InChI=1S/C14H21N5O/c1-3-16-14-18-17-13(19(14)4-2)12(15)9-10-5-7-11(20)8-6-10/h5-8,12,20H,3-4,9,15H2,1-2H3,(H,16,18)/t12-/m1/s1. The maximum absolute atomic E-state index is 9.29. The molecule has 0 saturated carbocycles. The van der Waals surface area contributed by atoms with E-state index in [-0.39, 0.29) is 11.8 Å². The molecule has 1 heterocycles. The summed E-state index contributed by atoms with van der Waals surface area (Å²) in [6, 6.07) is 6.84. The molecule has 6 nitrogen and oxygen atoms in total. The SMILES string of the molecule is CCNc1nnc([C@H](N)Cc2ccc(O)cc2)n1CC. The van der Waals surface area contributed by atoms with Crippen LogP contribution in [0.5, 0.6) is 5.75 Å². The lowest BCUT2D eigenvalue weighted by Gasteiger charge is -2.13. The van der Waals surface area contributed by atoms with Crippen LogP contribution in [0.2, 0.25) is 0 Å². The maximum Gasteiger partial charge on any atom is 0.224 e. The molecule has 0 saturated heterocycles. The van der Waals surface area contributed by atoms with Crippen molar-refractivity contribution in [3.63, 3.8) is 0 Å². The van der Waals surface area contributed by atoms with Crippen LogP contribution in [0.15, 0.2) is 24.3 Å². The minimum absolute atomic E-state index is 0.223. The largest absolute Gasteiger partial charge is 0.508 e. The molecule has 6 heteroatoms. The molecular formula is C14H21N5O. The summed E-state index contributed by atoms with van der Waals surface area (Å²) in [4.78, 5) is 0. The minimum Gasteiger partial charge on any atom is -0.508 e. The number of nitrogens with one attached hydrogen (secondary N) is 1. The zero-order valence-electron chi connectivity index (χ0n) is 11.9. The molecule has 0 radical (unpaired) electrons. The van der Waals surface area contributed by atoms with Gasteiger partial charge in [0, 0.05) is 13.1 Å². The summed E-state index contributed by atoms with van der Waals surface area (Å²) in [5, 5.41) is 20.8. The Kier molecular flexibility index (Phi) is 4.57. The Balaban J connectivity index is 2.16. The number of aromatic hydroxyl groups is 1. The monoisotopic (exact) mass is 275 g/mol. The number of nitrogens with zero attached hydrogens (tertiary/aromatic N) is 3. The van der Waals surface area contributed by atoms with E-state index in [1.807, 2.05) is 30.5 Å². The van der Waals surface area contributed by atoms with E-state index >= 15 is 0 Å². The summed E-state index contributed by atoms with van der Waals surface area (Å²) in [6.45, 7) is 5.63. The van der Waals surface area contributed by atoms with Crippen molar-refractivity contribution in [2.45, 2.75) is 32.9 Å². The first kappa shape index (κ1) is 14.3. The van der Waals surface area contributed by atoms with Gasteiger partial charge in [0.1, 0.15) is 5.75 Å². The third-order valence-corrected chi connectivity index (χ3v) is 3.15. The molecule has 0 spiro atoms. The summed E-state index contributed by atoms with van der Waals surface area (Å²) in [6.07, 6.45) is 0.657. The van der Waals surface area contributed by atoms with Crippen LogP contribution in [0, 0.1) is 0 Å². The highest BCUT2D eigenvalue weighted by atomic mass is 16.3. The predicted octanol–water partition coefficient (Wildman–Crippen LogP) is 1.68. The highest BCUT2D eigenvalue weighted by Crippen LogP contribution is 2.19. The second-order valence-electron chi connectivity index (χ2n) is 4.63. The van der Waals surface area contributed by atoms with Crippen LogP contribution in [0.4, 0.5) is 5.95 Å². The van der Waals surface area contributed by atoms with Crippen molar-refractivity contribution in [1.29, 1.82) is 0 Å². The van der Waals surface area contributed by atoms with Crippen LogP contribution < -0.4 is 11.1 Å². The zero-order valence-corrected chi connectivity index (χ0v) is 11.9. The first-order valence-electron chi connectivity index (χ1n) is 6.86. The number of aromatic nitrogens is 3. The Morgan fingerprint density at radius 1 is 1.25 bits per heavy atom. The lowest BCUT2D eigenvalue weighted by atomic mass is 10.1. The number of nitrogens with two attached hydrogens (primary N) is 1. The second-order valence-corrected chi connectivity index (χ2v) is 4.63. The van der Waals surface area contributed by atoms with Gasteiger partial charge < -0.3 is 16.2 Å². The van der Waals surface area contributed by atoms with Crippen LogP contribution in [0.3, 0.4) is 0 Å². The summed E-state index contributed by atoms with van der Waals surface area (Å²) in [5.41, 5.74) is 7.30. The van der Waals surface area contributed by atoms with Gasteiger partial charge in [0.25, 0.3) is 0 Å². The van der Waals surface area contributed by atoms with Crippen molar-refractivity contribution in [2.24, 2.45) is 5.73 Å². The topological polar surface area (TPSA) is 89.0 Å². The zero-order chi connectivity index (χ0) is 14.5. The van der Waals surface area contributed by atoms with Crippen molar-refractivity contribution in [3.05, 3.63) is 35.7 Å². The normalized spacial score (nSPS) is 12.3. The van der Waals surface area contributed by atoms with Gasteiger partial charge in [-0.15, -0.1) is 10.2 Å². The van der Waals surface area contributed by atoms with E-state index in [2.05, 4.69) is 15.5 Å². The number of hydrogen-bond donors (Lipinski definition) is 3. The Labute approximate surface area is 118 Å². The van der Waals surface area contributed by atoms with Gasteiger partial charge in [-0.3, -0.25) is 4.57 Å². The van der Waals surface area contributed by atoms with Crippen LogP contribution in [-0.2, 0) is 13.0 Å². The number of rotatable bonds is 6. The van der Waals surface area contributed by atoms with E-state index in [0.29, 0.717) is 6.42 Å². The summed E-state index contributed by atoms with van der Waals surface area (Å²) in [7, 11) is 0. The van der Waals surface area contributed by atoms with Crippen LogP contribution >= 0.6 is 0 Å². The summed E-state index contributed by atoms with van der Waals surface area (Å²) >= 11 is 0. The van der Waals surface area contributed by atoms with E-state index in [1.165, 1.54) is 0 Å². The molecule has 1 aromatic carbocycles. The van der Waals surface area contributed by atoms with Crippen LogP contribution in [0.1, 0.15) is 31.3 Å². The molecule has 0 aliphatic carbocycles. The second kappa shape index (κ2) is 6.38. The Morgan fingerprint density at radius 2 is 1.95 bits per heavy atom. The molecule has 2 rings (SSSR count). The van der Waals surface area contributed by atoms with Gasteiger partial charge in [-0.2, -0.15) is 0 Å². The smallest absolute Gasteiger partial charge is 0.224 e. The van der Waals surface area contributed by atoms with Crippen LogP contribution in [-0.4, -0.2) is 26.4 Å². The van der Waals surface area contributed by atoms with Crippen molar-refractivity contribution >= 4 is 5.95 Å². The number of benzene rings is 1. The van der Waals surface area contributed by atoms with Gasteiger partial charge in [-0.25, -0.2) is 0 Å². The molecule has 1 aromatic heterocycles. The third kappa shape index (κ3) is 3.08. The average Bonchev–Trinajstić information content (AvgIpc) is 2.84. The van der Waals surface area contributed by atoms with Gasteiger partial charge >= 0.3 is 0 Å². The van der Waals surface area contributed by atoms with Crippen molar-refractivity contribution in [1.82, 2.24) is 14.8 Å². The number of hydrogen-bond acceptors (Lipinski definition) is 5. The first-order chi connectivity index (χ1) is 9.65. The Hall–Kier alpha value is -2.08. The van der Waals surface area contributed by atoms with Crippen molar-refractivity contribution in [3.8, 4) is 5.75 Å². The highest BCUT2D eigenvalue weighted by Gasteiger charge is 2.17. The number of phenolic OH excluding ortho intramolecular Hbond substituents is 1. The van der Waals surface area contributed by atoms with Gasteiger partial charge in [0.05, 0.1) is 6.04 Å². The fourth-order valence-corrected chi connectivity index (χ4v) is 2.17. The molecule has 20 heavy (non-hydrogen) atoms. The Bertz CT molecular complexity index is 549. The van der Waals surface area contributed by atoms with Gasteiger partial charge in [0.2, 0.25) is 5.95 Å². The van der Waals surface area contributed by atoms with Gasteiger partial charge in [-0.1, -0.05) is 12.1 Å². The van der Waals surface area contributed by atoms with E-state index < -0.39 is 0 Å². The minimum atomic E-state index is -0.223. The molecule has 2 aromatic rings. The van der Waals surface area contributed by atoms with E-state index in [1.54, 1.807) is 12.1 Å². The lowest BCUT2D eigenvalue weighted by molar-refractivity contribution is 0.475. The molecule has 108 valence electrons. The molecule has 0 amide bonds. The quantitative estimate of drug-likeness (QED) is 0.746. The molecule has 0 fully saturated rings. The molecule has 1 atom stereocenters. The molecule has 0 aliphatic heterocycles. The molecular weight excluding hydrogens is 254 g/mol. The fourth-order valence-electron chi connectivity index (χ4n) is 2.17. The predicted molar refractivity (Wildman–Crippen MR) is 78.6 cm³/mol. The van der Waals surface area contributed by atoms with Crippen molar-refractivity contribution in [2.75, 3.05) is 11.9 Å². The molecule has 0 unspecified atom stereocenters. The van der Waals surface area contributed by atoms with Crippen LogP contribution in [0.25, 0.3) is 0 Å². The first-order valence-corrected chi connectivity index (χ1v) is 6.86. The number of phenols is 1. The molecule has 4 N–H and O–H groups in total. The third-order valence-electron chi connectivity index (χ3n) is 3.15. The maximum atomic E-state index is 9.29. The summed E-state index contributed by atoms with van der Waals surface area (Å²) in [5.74, 6) is 1.79. The average molecular weight is 275 g/mol. The summed E-state index contributed by atoms with van der Waals surface area (Å²) < 4.78 is 1.99. The van der Waals surface area contributed by atoms with E-state index in [0.717, 1.165) is 30.4 Å². The molecule has 0 aliphatic rings. The van der Waals surface area contributed by atoms with E-state index in [4.69, 9.17) is 5.73 Å². The number of anilines is 1. The van der Waals surface area contributed by atoms with Crippen molar-refractivity contribution < 1.29 is 5.11 Å². The van der Waals surface area contributed by atoms with Gasteiger partial charge in [0.15, 0.2) is 5.82 Å². The highest BCUT2D eigenvalue weighted by molar-refractivity contribution is 5.29.